The largest absolute Gasteiger partial charge is 0.673 e. The molecule has 3 aromatic carbocycles. The number of carbonyl (C=O) groups excluding carboxylic acids is 2. The molecule has 0 fully saturated rings. The molecule has 0 saturated carbocycles. The van der Waals surface area contributed by atoms with E-state index in [9.17, 15) is 26.9 Å². The van der Waals surface area contributed by atoms with Gasteiger partial charge in [-0.2, -0.15) is 0 Å². The Kier molecular flexibility index (Phi) is 12.7. The zero-order chi connectivity index (χ0) is 34.2. The molecule has 0 spiro atoms. The average molecular weight is 645 g/mol. The zero-order valence-electron chi connectivity index (χ0n) is 27.8. The van der Waals surface area contributed by atoms with Gasteiger partial charge in [0, 0.05) is 42.8 Å². The highest BCUT2D eigenvalue weighted by Gasteiger charge is 2.28. The summed E-state index contributed by atoms with van der Waals surface area (Å²) >= 11 is 0. The van der Waals surface area contributed by atoms with Crippen molar-refractivity contribution >= 4 is 46.7 Å². The number of hydrogen-bond acceptors (Lipinski definition) is 3. The van der Waals surface area contributed by atoms with Gasteiger partial charge in [0.25, 0.3) is 11.2 Å². The SMILES string of the molecule is COc1cc(CNC(=O)CCCCCCC(C)C)ccc1-[o+]1c2c(C)cc(C)cc2c2cc(NC(C)=O)cc(C)c21.F[B-](F)(F)F. The molecule has 2 amide bonds. The molecule has 0 unspecified atom stereocenters. The van der Waals surface area contributed by atoms with Gasteiger partial charge in [0.15, 0.2) is 0 Å². The van der Waals surface area contributed by atoms with Crippen molar-refractivity contribution in [3.05, 3.63) is 64.7 Å². The molecule has 4 aromatic rings. The molecule has 0 aliphatic rings. The summed E-state index contributed by atoms with van der Waals surface area (Å²) in [7, 11) is -4.33. The molecule has 0 radical (unpaired) electrons. The van der Waals surface area contributed by atoms with E-state index in [1.54, 1.807) is 7.11 Å². The number of amides is 2. The van der Waals surface area contributed by atoms with Gasteiger partial charge in [-0.05, 0) is 80.6 Å². The third-order valence-corrected chi connectivity index (χ3v) is 7.59. The van der Waals surface area contributed by atoms with Crippen LogP contribution in [0, 0.1) is 26.7 Å². The number of anilines is 1. The first-order chi connectivity index (χ1) is 21.6. The van der Waals surface area contributed by atoms with Gasteiger partial charge in [-0.15, -0.1) is 0 Å². The molecule has 4 rings (SSSR count). The number of ether oxygens (including phenoxy) is 1. The van der Waals surface area contributed by atoms with E-state index >= 15 is 0 Å². The van der Waals surface area contributed by atoms with Crippen LogP contribution in [-0.4, -0.2) is 26.2 Å². The van der Waals surface area contributed by atoms with E-state index in [1.165, 1.54) is 31.7 Å². The third-order valence-electron chi connectivity index (χ3n) is 7.59. The van der Waals surface area contributed by atoms with Crippen LogP contribution in [0.25, 0.3) is 27.7 Å². The minimum Gasteiger partial charge on any atom is -0.495 e. The average Bonchev–Trinajstić information content (AvgIpc) is 3.27. The minimum absolute atomic E-state index is 0.0882. The second-order valence-corrected chi connectivity index (χ2v) is 12.2. The predicted octanol–water partition coefficient (Wildman–Crippen LogP) is 10.1. The maximum atomic E-state index is 12.5. The van der Waals surface area contributed by atoms with Gasteiger partial charge in [0.05, 0.1) is 17.9 Å². The van der Waals surface area contributed by atoms with Crippen LogP contribution >= 0.6 is 0 Å². The number of carbonyl (C=O) groups is 2. The number of furan rings is 1. The lowest BCUT2D eigenvalue weighted by atomic mass is 10.0. The molecule has 250 valence electrons. The second-order valence-electron chi connectivity index (χ2n) is 12.2. The molecule has 6 nitrogen and oxygen atoms in total. The Morgan fingerprint density at radius 3 is 2.09 bits per heavy atom. The highest BCUT2D eigenvalue weighted by atomic mass is 19.5. The van der Waals surface area contributed by atoms with Crippen molar-refractivity contribution < 1.29 is 35.6 Å². The van der Waals surface area contributed by atoms with Gasteiger partial charge < -0.3 is 36.7 Å². The lowest BCUT2D eigenvalue weighted by Crippen LogP contribution is -2.22. The highest BCUT2D eigenvalue weighted by molar-refractivity contribution is 6.50. The van der Waals surface area contributed by atoms with Crippen LogP contribution in [0.4, 0.5) is 23.0 Å². The molecule has 0 saturated heterocycles. The molecule has 46 heavy (non-hydrogen) atoms. The third kappa shape index (κ3) is 10.3. The van der Waals surface area contributed by atoms with Gasteiger partial charge in [-0.1, -0.05) is 39.5 Å². The summed E-state index contributed by atoms with van der Waals surface area (Å²) in [6.07, 6.45) is 6.28. The van der Waals surface area contributed by atoms with E-state index in [1.807, 2.05) is 30.3 Å². The van der Waals surface area contributed by atoms with E-state index in [2.05, 4.69) is 61.4 Å². The number of halogens is 4. The molecule has 2 N–H and O–H groups in total. The Hall–Kier alpha value is -4.02. The van der Waals surface area contributed by atoms with Crippen LogP contribution in [0.2, 0.25) is 0 Å². The van der Waals surface area contributed by atoms with Gasteiger partial charge in [-0.3, -0.25) is 9.59 Å². The summed E-state index contributed by atoms with van der Waals surface area (Å²) < 4.78 is 48.3. The van der Waals surface area contributed by atoms with Gasteiger partial charge >= 0.3 is 13.0 Å². The molecule has 0 aliphatic carbocycles. The maximum Gasteiger partial charge on any atom is 0.673 e. The lowest BCUT2D eigenvalue weighted by molar-refractivity contribution is -0.121. The number of methoxy groups -OCH3 is 1. The van der Waals surface area contributed by atoms with Crippen LogP contribution in [0.5, 0.6) is 5.75 Å². The van der Waals surface area contributed by atoms with Crippen molar-refractivity contribution in [3.8, 4) is 11.5 Å². The van der Waals surface area contributed by atoms with Crippen LogP contribution < -0.4 is 15.4 Å². The number of benzene rings is 3. The fourth-order valence-corrected chi connectivity index (χ4v) is 5.74. The van der Waals surface area contributed by atoms with Crippen LogP contribution in [0.1, 0.15) is 81.5 Å². The predicted molar refractivity (Wildman–Crippen MR) is 179 cm³/mol. The Morgan fingerprint density at radius 1 is 0.870 bits per heavy atom. The Balaban J connectivity index is 0.00000107. The number of nitrogens with one attached hydrogen (secondary N) is 2. The maximum absolute atomic E-state index is 12.5. The monoisotopic (exact) mass is 644 g/mol. The number of aryl methyl sites for hydroxylation is 3. The van der Waals surface area contributed by atoms with Crippen molar-refractivity contribution in [2.75, 3.05) is 12.4 Å². The minimum atomic E-state index is -6.00. The van der Waals surface area contributed by atoms with E-state index in [0.29, 0.717) is 18.7 Å². The molecule has 11 heteroatoms. The summed E-state index contributed by atoms with van der Waals surface area (Å²) in [6, 6.07) is 14.5. The summed E-state index contributed by atoms with van der Waals surface area (Å²) in [4.78, 5) is 24.3. The first-order valence-corrected chi connectivity index (χ1v) is 15.7. The van der Waals surface area contributed by atoms with Crippen LogP contribution in [-0.2, 0) is 16.1 Å². The Bertz CT molecular complexity index is 1680. The van der Waals surface area contributed by atoms with E-state index in [0.717, 1.165) is 68.8 Å². The quantitative estimate of drug-likeness (QED) is 0.0698. The zero-order valence-corrected chi connectivity index (χ0v) is 27.8. The molecular formula is C35H45BF4N2O4. The molecule has 0 atom stereocenters. The number of rotatable bonds is 12. The summed E-state index contributed by atoms with van der Waals surface area (Å²) in [6.45, 7) is 12.8. The number of unbranched alkanes of at least 4 members (excludes halogenated alkanes) is 3. The topological polar surface area (TPSA) is 70.1 Å². The first-order valence-electron chi connectivity index (χ1n) is 15.7. The fraction of sp³-hybridized carbons (Fsp3) is 0.429. The standard InChI is InChI=1S/C35H44N2O4.BF4/c1-22(2)12-10-8-9-11-13-33(39)36-21-27-14-15-32(31(19-27)40-7)41-34-24(4)16-23(3)17-29(34)30-20-28(37-26(6)38)18-25(5)35(30)41;2-1(3,4)5/h14-20,22H,8-13,21H2,1-7H3,(H-,36,37,38,39);/q;-1/p+1. The van der Waals surface area contributed by atoms with Crippen molar-refractivity contribution in [2.45, 2.75) is 86.6 Å². The summed E-state index contributed by atoms with van der Waals surface area (Å²) in [5, 5.41) is 8.16. The van der Waals surface area contributed by atoms with Gasteiger partial charge in [-0.25, -0.2) is 0 Å². The molecule has 0 bridgehead atoms. The summed E-state index contributed by atoms with van der Waals surface area (Å²) in [5.74, 6) is 2.29. The van der Waals surface area contributed by atoms with Crippen LogP contribution in [0.15, 0.2) is 46.5 Å². The lowest BCUT2D eigenvalue weighted by Gasteiger charge is -2.13. The Labute approximate surface area is 268 Å². The number of fused-ring (bicyclic) bond motifs is 3. The first kappa shape index (κ1) is 36.5. The smallest absolute Gasteiger partial charge is 0.495 e. The summed E-state index contributed by atoms with van der Waals surface area (Å²) in [5.41, 5.74) is 7.10. The van der Waals surface area contributed by atoms with Crippen molar-refractivity contribution in [1.29, 1.82) is 0 Å². The van der Waals surface area contributed by atoms with E-state index < -0.39 is 7.25 Å². The van der Waals surface area contributed by atoms with E-state index in [-0.39, 0.29) is 11.8 Å². The molecule has 1 aromatic heterocycles. The van der Waals surface area contributed by atoms with Crippen molar-refractivity contribution in [1.82, 2.24) is 5.32 Å². The second kappa shape index (κ2) is 16.0. The Morgan fingerprint density at radius 2 is 1.48 bits per heavy atom. The van der Waals surface area contributed by atoms with E-state index in [4.69, 9.17) is 4.74 Å². The fourth-order valence-electron chi connectivity index (χ4n) is 5.74. The van der Waals surface area contributed by atoms with Gasteiger partial charge in [0.1, 0.15) is 0 Å². The van der Waals surface area contributed by atoms with Crippen molar-refractivity contribution in [3.63, 3.8) is 0 Å². The van der Waals surface area contributed by atoms with Gasteiger partial charge in [0.2, 0.25) is 17.6 Å². The molecule has 0 aliphatic heterocycles. The van der Waals surface area contributed by atoms with Crippen molar-refractivity contribution in [2.24, 2.45) is 5.92 Å². The molecular weight excluding hydrogens is 599 g/mol. The molecule has 1 heterocycles. The van der Waals surface area contributed by atoms with Crippen LogP contribution in [0.3, 0.4) is 0 Å². The normalized spacial score (nSPS) is 11.5. The highest BCUT2D eigenvalue weighted by Crippen LogP contribution is 2.45. The number of hydrogen-bond donors (Lipinski definition) is 2.